The molecule has 0 bridgehead atoms. The average molecular weight is 159 g/mol. The highest BCUT2D eigenvalue weighted by Gasteiger charge is 1.92. The zero-order valence-corrected chi connectivity index (χ0v) is 6.54. The quantitative estimate of drug-likeness (QED) is 0.629. The van der Waals surface area contributed by atoms with E-state index in [1.807, 2.05) is 5.38 Å². The van der Waals surface area contributed by atoms with Gasteiger partial charge in [-0.1, -0.05) is 11.4 Å². The van der Waals surface area contributed by atoms with E-state index in [0.29, 0.717) is 0 Å². The van der Waals surface area contributed by atoms with E-state index < -0.39 is 0 Å². The number of thioether (sulfide) groups is 1. The first-order valence-corrected chi connectivity index (χ1v) is 4.45. The highest BCUT2D eigenvalue weighted by atomic mass is 32.2. The highest BCUT2D eigenvalue weighted by molar-refractivity contribution is 7.99. The topological polar surface area (TPSA) is 25.8 Å². The number of aromatic nitrogens is 2. The summed E-state index contributed by atoms with van der Waals surface area (Å²) in [4.78, 5) is 0. The minimum Gasteiger partial charge on any atom is -0.132 e. The fourth-order valence-electron chi connectivity index (χ4n) is 0.396. The van der Waals surface area contributed by atoms with E-state index in [9.17, 15) is 0 Å². The summed E-state index contributed by atoms with van der Waals surface area (Å²) >= 11 is 3.09. The van der Waals surface area contributed by atoms with Crippen LogP contribution in [-0.4, -0.2) is 15.3 Å². The van der Waals surface area contributed by atoms with Gasteiger partial charge in [-0.25, -0.2) is 0 Å². The molecule has 1 heterocycles. The van der Waals surface area contributed by atoms with Crippen molar-refractivity contribution in [3.05, 3.63) is 12.3 Å². The van der Waals surface area contributed by atoms with Gasteiger partial charge in [-0.15, -0.1) is 16.9 Å². The molecular formula is C5H7N2S2. The van der Waals surface area contributed by atoms with E-state index >= 15 is 0 Å². The van der Waals surface area contributed by atoms with Gasteiger partial charge in [0, 0.05) is 5.38 Å². The second-order valence-electron chi connectivity index (χ2n) is 1.45. The van der Waals surface area contributed by atoms with Crippen LogP contribution in [0.15, 0.2) is 10.4 Å². The Bertz CT molecular complexity index is 150. The molecule has 0 amide bonds. The van der Waals surface area contributed by atoms with Gasteiger partial charge in [-0.3, -0.25) is 0 Å². The first kappa shape index (κ1) is 7.02. The summed E-state index contributed by atoms with van der Waals surface area (Å²) in [5.74, 6) is 1.03. The molecular weight excluding hydrogens is 152 g/mol. The fraction of sp³-hybridized carbons (Fsp3) is 0.400. The maximum atomic E-state index is 3.86. The van der Waals surface area contributed by atoms with Gasteiger partial charge in [0.05, 0.1) is 0 Å². The van der Waals surface area contributed by atoms with Crippen LogP contribution >= 0.6 is 23.3 Å². The van der Waals surface area contributed by atoms with Crippen LogP contribution in [0.2, 0.25) is 0 Å². The van der Waals surface area contributed by atoms with Gasteiger partial charge >= 0.3 is 0 Å². The zero-order chi connectivity index (χ0) is 6.53. The van der Waals surface area contributed by atoms with Crippen molar-refractivity contribution in [2.24, 2.45) is 0 Å². The Morgan fingerprint density at radius 3 is 3.22 bits per heavy atom. The third-order valence-electron chi connectivity index (χ3n) is 0.734. The van der Waals surface area contributed by atoms with Crippen molar-refractivity contribution in [1.29, 1.82) is 0 Å². The monoisotopic (exact) mass is 159 g/mol. The summed E-state index contributed by atoms with van der Waals surface area (Å²) in [6.45, 7) is 3.72. The lowest BCUT2D eigenvalue weighted by Crippen LogP contribution is -1.74. The minimum atomic E-state index is 0.947. The van der Waals surface area contributed by atoms with Crippen LogP contribution in [0.1, 0.15) is 6.42 Å². The van der Waals surface area contributed by atoms with Gasteiger partial charge in [0.2, 0.25) is 0 Å². The molecule has 49 valence electrons. The maximum absolute atomic E-state index is 3.86. The van der Waals surface area contributed by atoms with E-state index in [2.05, 4.69) is 16.5 Å². The summed E-state index contributed by atoms with van der Waals surface area (Å²) < 4.78 is 3.73. The van der Waals surface area contributed by atoms with E-state index in [0.717, 1.165) is 17.2 Å². The molecule has 4 heteroatoms. The van der Waals surface area contributed by atoms with Crippen LogP contribution in [0.5, 0.6) is 0 Å². The molecule has 0 saturated heterocycles. The van der Waals surface area contributed by atoms with E-state index in [4.69, 9.17) is 0 Å². The Hall–Kier alpha value is -0.0900. The van der Waals surface area contributed by atoms with Crippen molar-refractivity contribution < 1.29 is 0 Å². The molecule has 0 atom stereocenters. The molecule has 1 rings (SSSR count). The predicted octanol–water partition coefficient (Wildman–Crippen LogP) is 1.85. The second kappa shape index (κ2) is 3.85. The largest absolute Gasteiger partial charge is 0.132 e. The number of hydrogen-bond donors (Lipinski definition) is 0. The second-order valence-corrected chi connectivity index (χ2v) is 3.17. The molecule has 0 fully saturated rings. The summed E-state index contributed by atoms with van der Waals surface area (Å²) in [7, 11) is 0. The Balaban J connectivity index is 2.30. The molecule has 0 aliphatic heterocycles. The zero-order valence-electron chi connectivity index (χ0n) is 4.91. The van der Waals surface area contributed by atoms with Crippen molar-refractivity contribution in [3.63, 3.8) is 0 Å². The van der Waals surface area contributed by atoms with Crippen LogP contribution in [0.25, 0.3) is 0 Å². The lowest BCUT2D eigenvalue weighted by molar-refractivity contribution is 1.03. The van der Waals surface area contributed by atoms with Crippen LogP contribution in [0.3, 0.4) is 0 Å². The standard InChI is InChI=1S/C5H7N2S2/c1-2-3-8-5-4-9-7-6-5/h4H,1-3H2. The number of nitrogens with zero attached hydrogens (tertiary/aromatic N) is 2. The number of hydrogen-bond acceptors (Lipinski definition) is 4. The molecule has 1 aromatic rings. The minimum absolute atomic E-state index is 0.947. The van der Waals surface area contributed by atoms with E-state index in [-0.39, 0.29) is 0 Å². The SMILES string of the molecule is [CH2]CCSc1csnn1. The van der Waals surface area contributed by atoms with Gasteiger partial charge in [-0.05, 0) is 23.7 Å². The summed E-state index contributed by atoms with van der Waals surface area (Å²) in [5, 5.41) is 6.82. The summed E-state index contributed by atoms with van der Waals surface area (Å²) in [5.41, 5.74) is 0. The Morgan fingerprint density at radius 1 is 1.78 bits per heavy atom. The third kappa shape index (κ3) is 2.32. The molecule has 2 nitrogen and oxygen atoms in total. The molecule has 0 unspecified atom stereocenters. The van der Waals surface area contributed by atoms with Crippen LogP contribution in [-0.2, 0) is 0 Å². The molecule has 0 aliphatic carbocycles. The van der Waals surface area contributed by atoms with Crippen molar-refractivity contribution >= 4 is 23.3 Å². The normalized spacial score (nSPS) is 9.89. The van der Waals surface area contributed by atoms with Crippen LogP contribution in [0.4, 0.5) is 0 Å². The molecule has 1 radical (unpaired) electrons. The molecule has 1 aromatic heterocycles. The summed E-state index contributed by atoms with van der Waals surface area (Å²) in [6.07, 6.45) is 0.947. The molecule has 9 heavy (non-hydrogen) atoms. The summed E-state index contributed by atoms with van der Waals surface area (Å²) in [6, 6.07) is 0. The first-order valence-electron chi connectivity index (χ1n) is 2.62. The Morgan fingerprint density at radius 2 is 2.67 bits per heavy atom. The Labute approximate surface area is 62.8 Å². The van der Waals surface area contributed by atoms with E-state index in [1.165, 1.54) is 11.5 Å². The van der Waals surface area contributed by atoms with Gasteiger partial charge in [0.1, 0.15) is 5.03 Å². The molecule has 0 aromatic carbocycles. The number of rotatable bonds is 3. The lowest BCUT2D eigenvalue weighted by Gasteiger charge is -1.88. The first-order chi connectivity index (χ1) is 4.43. The van der Waals surface area contributed by atoms with Crippen molar-refractivity contribution in [1.82, 2.24) is 9.59 Å². The lowest BCUT2D eigenvalue weighted by atomic mass is 10.6. The molecule has 0 saturated carbocycles. The average Bonchev–Trinajstić information content (AvgIpc) is 2.34. The molecule has 0 N–H and O–H groups in total. The highest BCUT2D eigenvalue weighted by Crippen LogP contribution is 2.15. The smallest absolute Gasteiger partial charge is 0.131 e. The molecule has 0 spiro atoms. The van der Waals surface area contributed by atoms with Crippen molar-refractivity contribution in [2.75, 3.05) is 5.75 Å². The van der Waals surface area contributed by atoms with Crippen molar-refractivity contribution in [3.8, 4) is 0 Å². The fourth-order valence-corrected chi connectivity index (χ4v) is 1.62. The van der Waals surface area contributed by atoms with Crippen LogP contribution in [0, 0.1) is 6.92 Å². The van der Waals surface area contributed by atoms with Gasteiger partial charge in [0.25, 0.3) is 0 Å². The molecule has 0 aliphatic rings. The maximum Gasteiger partial charge on any atom is 0.131 e. The Kier molecular flexibility index (Phi) is 3.00. The van der Waals surface area contributed by atoms with Gasteiger partial charge in [0.15, 0.2) is 0 Å². The van der Waals surface area contributed by atoms with Gasteiger partial charge < -0.3 is 0 Å². The van der Waals surface area contributed by atoms with Gasteiger partial charge in [-0.2, -0.15) is 0 Å². The third-order valence-corrected chi connectivity index (χ3v) is 2.38. The van der Waals surface area contributed by atoms with E-state index in [1.54, 1.807) is 11.8 Å². The predicted molar refractivity (Wildman–Crippen MR) is 40.6 cm³/mol. The van der Waals surface area contributed by atoms with Crippen molar-refractivity contribution in [2.45, 2.75) is 11.4 Å². The van der Waals surface area contributed by atoms with Crippen LogP contribution < -0.4 is 0 Å².